The second-order valence-corrected chi connectivity index (χ2v) is 7.23. The molecule has 0 radical (unpaired) electrons. The fraction of sp³-hybridized carbons (Fsp3) is 0.200. The summed E-state index contributed by atoms with van der Waals surface area (Å²) in [5.41, 5.74) is 2.03. The molecular weight excluding hydrogens is 352 g/mol. The van der Waals surface area contributed by atoms with Crippen LogP contribution in [0.3, 0.4) is 0 Å². The van der Waals surface area contributed by atoms with Crippen molar-refractivity contribution in [2.75, 3.05) is 0 Å². The van der Waals surface area contributed by atoms with Crippen LogP contribution in [0.4, 0.5) is 0 Å². The third-order valence-electron chi connectivity index (χ3n) is 3.21. The molecule has 3 N–H and O–H groups in total. The number of sulfonamides is 1. The SMILES string of the molecule is CC(NCc1cccc(S(N)(=O)=O)c1)c1ccccc1Br. The monoisotopic (exact) mass is 368 g/mol. The van der Waals surface area contributed by atoms with Crippen LogP contribution < -0.4 is 10.5 Å². The first-order valence-corrected chi connectivity index (χ1v) is 8.81. The lowest BCUT2D eigenvalue weighted by Gasteiger charge is -2.16. The molecule has 2 rings (SSSR count). The van der Waals surface area contributed by atoms with Crippen LogP contribution in [0.1, 0.15) is 24.1 Å². The molecule has 4 nitrogen and oxygen atoms in total. The summed E-state index contributed by atoms with van der Waals surface area (Å²) < 4.78 is 23.7. The lowest BCUT2D eigenvalue weighted by molar-refractivity contribution is 0.571. The Kier molecular flexibility index (Phi) is 5.16. The number of nitrogens with two attached hydrogens (primary N) is 1. The third kappa shape index (κ3) is 4.38. The van der Waals surface area contributed by atoms with Crippen molar-refractivity contribution in [2.45, 2.75) is 24.4 Å². The highest BCUT2D eigenvalue weighted by Gasteiger charge is 2.10. The molecule has 112 valence electrons. The molecule has 6 heteroatoms. The summed E-state index contributed by atoms with van der Waals surface area (Å²) in [6, 6.07) is 14.8. The first-order valence-electron chi connectivity index (χ1n) is 6.47. The quantitative estimate of drug-likeness (QED) is 0.851. The number of hydrogen-bond donors (Lipinski definition) is 2. The molecule has 1 atom stereocenters. The van der Waals surface area contributed by atoms with Crippen molar-refractivity contribution in [3.63, 3.8) is 0 Å². The Labute approximate surface area is 133 Å². The number of primary sulfonamides is 1. The maximum Gasteiger partial charge on any atom is 0.238 e. The normalized spacial score (nSPS) is 13.1. The van der Waals surface area contributed by atoms with Crippen molar-refractivity contribution in [3.05, 3.63) is 64.1 Å². The van der Waals surface area contributed by atoms with Crippen molar-refractivity contribution in [1.29, 1.82) is 0 Å². The maximum absolute atomic E-state index is 11.3. The van der Waals surface area contributed by atoms with Gasteiger partial charge in [-0.3, -0.25) is 0 Å². The van der Waals surface area contributed by atoms with E-state index in [0.717, 1.165) is 15.6 Å². The summed E-state index contributed by atoms with van der Waals surface area (Å²) in [6.45, 7) is 2.62. The van der Waals surface area contributed by atoms with Gasteiger partial charge in [-0.25, -0.2) is 13.6 Å². The van der Waals surface area contributed by atoms with E-state index in [2.05, 4.69) is 28.2 Å². The van der Waals surface area contributed by atoms with Gasteiger partial charge in [0.2, 0.25) is 10.0 Å². The molecule has 0 saturated carbocycles. The lowest BCUT2D eigenvalue weighted by atomic mass is 10.1. The highest BCUT2D eigenvalue weighted by atomic mass is 79.9. The van der Waals surface area contributed by atoms with E-state index in [1.165, 1.54) is 6.07 Å². The van der Waals surface area contributed by atoms with Gasteiger partial charge >= 0.3 is 0 Å². The van der Waals surface area contributed by atoms with E-state index in [1.54, 1.807) is 12.1 Å². The summed E-state index contributed by atoms with van der Waals surface area (Å²) >= 11 is 3.52. The standard InChI is InChI=1S/C15H17BrN2O2S/c1-11(14-7-2-3-8-15(14)16)18-10-12-5-4-6-13(9-12)21(17,19)20/h2-9,11,18H,10H2,1H3,(H2,17,19,20). The zero-order valence-corrected chi connectivity index (χ0v) is 14.0. The number of halogens is 1. The molecule has 0 spiro atoms. The smallest absolute Gasteiger partial charge is 0.238 e. The van der Waals surface area contributed by atoms with Crippen LogP contribution >= 0.6 is 15.9 Å². The summed E-state index contributed by atoms with van der Waals surface area (Å²) in [5, 5.41) is 8.51. The summed E-state index contributed by atoms with van der Waals surface area (Å²) in [6.07, 6.45) is 0. The van der Waals surface area contributed by atoms with Crippen molar-refractivity contribution >= 4 is 26.0 Å². The first kappa shape index (κ1) is 16.2. The van der Waals surface area contributed by atoms with Crippen LogP contribution in [0, 0.1) is 0 Å². The molecular formula is C15H17BrN2O2S. The predicted molar refractivity (Wildman–Crippen MR) is 87.2 cm³/mol. The van der Waals surface area contributed by atoms with Gasteiger partial charge in [-0.1, -0.05) is 46.3 Å². The van der Waals surface area contributed by atoms with Gasteiger partial charge in [-0.2, -0.15) is 0 Å². The molecule has 1 unspecified atom stereocenters. The Morgan fingerprint density at radius 3 is 2.57 bits per heavy atom. The average Bonchev–Trinajstić information content (AvgIpc) is 2.45. The van der Waals surface area contributed by atoms with Crippen LogP contribution in [0.25, 0.3) is 0 Å². The van der Waals surface area contributed by atoms with Crippen LogP contribution in [-0.4, -0.2) is 8.42 Å². The maximum atomic E-state index is 11.3. The number of hydrogen-bond acceptors (Lipinski definition) is 3. The minimum Gasteiger partial charge on any atom is -0.306 e. The van der Waals surface area contributed by atoms with Gasteiger partial charge in [0.1, 0.15) is 0 Å². The Morgan fingerprint density at radius 2 is 1.90 bits per heavy atom. The minimum absolute atomic E-state index is 0.135. The van der Waals surface area contributed by atoms with E-state index in [4.69, 9.17) is 5.14 Å². The molecule has 2 aromatic carbocycles. The molecule has 0 amide bonds. The van der Waals surface area contributed by atoms with Gasteiger partial charge in [-0.15, -0.1) is 0 Å². The number of rotatable bonds is 5. The van der Waals surface area contributed by atoms with Crippen molar-refractivity contribution in [1.82, 2.24) is 5.32 Å². The Bertz CT molecular complexity index is 732. The molecule has 0 aliphatic heterocycles. The zero-order valence-electron chi connectivity index (χ0n) is 11.6. The zero-order chi connectivity index (χ0) is 15.5. The van der Waals surface area contributed by atoms with Gasteiger partial charge in [0, 0.05) is 17.1 Å². The largest absolute Gasteiger partial charge is 0.306 e. The van der Waals surface area contributed by atoms with E-state index >= 15 is 0 Å². The summed E-state index contributed by atoms with van der Waals surface area (Å²) in [5.74, 6) is 0. The highest BCUT2D eigenvalue weighted by molar-refractivity contribution is 9.10. The van der Waals surface area contributed by atoms with E-state index in [9.17, 15) is 8.42 Å². The summed E-state index contributed by atoms with van der Waals surface area (Å²) in [7, 11) is -3.66. The molecule has 0 saturated heterocycles. The van der Waals surface area contributed by atoms with E-state index in [1.807, 2.05) is 30.3 Å². The topological polar surface area (TPSA) is 72.2 Å². The fourth-order valence-corrected chi connectivity index (χ4v) is 3.25. The van der Waals surface area contributed by atoms with Gasteiger partial charge in [-0.05, 0) is 36.2 Å². The average molecular weight is 369 g/mol. The van der Waals surface area contributed by atoms with E-state index < -0.39 is 10.0 Å². The predicted octanol–water partition coefficient (Wildman–Crippen LogP) is 2.95. The highest BCUT2D eigenvalue weighted by Crippen LogP contribution is 2.23. The lowest BCUT2D eigenvalue weighted by Crippen LogP contribution is -2.19. The van der Waals surface area contributed by atoms with Gasteiger partial charge in [0.05, 0.1) is 4.90 Å². The Morgan fingerprint density at radius 1 is 1.19 bits per heavy atom. The molecule has 0 aliphatic carbocycles. The molecule has 0 aliphatic rings. The van der Waals surface area contributed by atoms with Gasteiger partial charge in [0.15, 0.2) is 0 Å². The fourth-order valence-electron chi connectivity index (χ4n) is 2.04. The van der Waals surface area contributed by atoms with Crippen LogP contribution in [0.15, 0.2) is 57.9 Å². The molecule has 0 bridgehead atoms. The molecule has 2 aromatic rings. The number of nitrogens with one attached hydrogen (secondary N) is 1. The van der Waals surface area contributed by atoms with E-state index in [0.29, 0.717) is 6.54 Å². The second-order valence-electron chi connectivity index (χ2n) is 4.82. The third-order valence-corrected chi connectivity index (χ3v) is 4.84. The first-order chi connectivity index (χ1) is 9.88. The van der Waals surface area contributed by atoms with Crippen LogP contribution in [-0.2, 0) is 16.6 Å². The summed E-state index contributed by atoms with van der Waals surface area (Å²) in [4.78, 5) is 0.135. The molecule has 0 heterocycles. The Hall–Kier alpha value is -1.21. The number of benzene rings is 2. The van der Waals surface area contributed by atoms with Crippen molar-refractivity contribution in [2.24, 2.45) is 5.14 Å². The van der Waals surface area contributed by atoms with Crippen LogP contribution in [0.2, 0.25) is 0 Å². The van der Waals surface area contributed by atoms with Gasteiger partial charge < -0.3 is 5.32 Å². The van der Waals surface area contributed by atoms with Gasteiger partial charge in [0.25, 0.3) is 0 Å². The van der Waals surface area contributed by atoms with Crippen molar-refractivity contribution < 1.29 is 8.42 Å². The van der Waals surface area contributed by atoms with Crippen LogP contribution in [0.5, 0.6) is 0 Å². The minimum atomic E-state index is -3.66. The molecule has 21 heavy (non-hydrogen) atoms. The Balaban J connectivity index is 2.09. The molecule has 0 aromatic heterocycles. The molecule has 0 fully saturated rings. The van der Waals surface area contributed by atoms with Crippen molar-refractivity contribution in [3.8, 4) is 0 Å². The second kappa shape index (κ2) is 6.70. The van der Waals surface area contributed by atoms with E-state index in [-0.39, 0.29) is 10.9 Å².